The van der Waals surface area contributed by atoms with E-state index in [1.807, 2.05) is 7.05 Å². The van der Waals surface area contributed by atoms with Gasteiger partial charge in [0.2, 0.25) is 0 Å². The fourth-order valence-corrected chi connectivity index (χ4v) is 1.89. The second-order valence-corrected chi connectivity index (χ2v) is 4.59. The van der Waals surface area contributed by atoms with Crippen LogP contribution in [0.2, 0.25) is 0 Å². The average Bonchev–Trinajstić information content (AvgIpc) is 2.25. The molecule has 0 aromatic heterocycles. The van der Waals surface area contributed by atoms with E-state index < -0.39 is 0 Å². The zero-order valence-corrected chi connectivity index (χ0v) is 10.3. The number of hydrogen-bond donors (Lipinski definition) is 1. The molecule has 15 heavy (non-hydrogen) atoms. The molecule has 90 valence electrons. The molecule has 0 aromatic rings. The van der Waals surface area contributed by atoms with Gasteiger partial charge >= 0.3 is 0 Å². The van der Waals surface area contributed by atoms with Crippen molar-refractivity contribution in [1.29, 1.82) is 0 Å². The first-order valence-corrected chi connectivity index (χ1v) is 6.13. The normalized spacial score (nSPS) is 24.4. The van der Waals surface area contributed by atoms with E-state index in [2.05, 4.69) is 19.2 Å². The summed E-state index contributed by atoms with van der Waals surface area (Å²) in [6.07, 6.45) is 5.57. The van der Waals surface area contributed by atoms with E-state index >= 15 is 0 Å². The van der Waals surface area contributed by atoms with Crippen molar-refractivity contribution in [2.24, 2.45) is 0 Å². The number of hydrogen-bond acceptors (Lipinski definition) is 3. The summed E-state index contributed by atoms with van der Waals surface area (Å²) in [7, 11) is 2.00. The maximum atomic E-state index is 5.72. The molecule has 0 aromatic carbocycles. The van der Waals surface area contributed by atoms with Gasteiger partial charge in [0, 0.05) is 12.6 Å². The van der Waals surface area contributed by atoms with Crippen LogP contribution >= 0.6 is 0 Å². The van der Waals surface area contributed by atoms with E-state index in [-0.39, 0.29) is 0 Å². The van der Waals surface area contributed by atoms with Crippen molar-refractivity contribution in [2.75, 3.05) is 20.3 Å². The first-order chi connectivity index (χ1) is 7.22. The molecule has 0 spiro atoms. The van der Waals surface area contributed by atoms with E-state index in [1.165, 1.54) is 19.3 Å². The Bertz CT molecular complexity index is 156. The van der Waals surface area contributed by atoms with Crippen molar-refractivity contribution < 1.29 is 9.47 Å². The first-order valence-electron chi connectivity index (χ1n) is 6.13. The lowest BCUT2D eigenvalue weighted by Crippen LogP contribution is -2.36. The third kappa shape index (κ3) is 5.50. The van der Waals surface area contributed by atoms with E-state index in [4.69, 9.17) is 9.47 Å². The van der Waals surface area contributed by atoms with Crippen molar-refractivity contribution in [2.45, 2.75) is 57.8 Å². The van der Waals surface area contributed by atoms with Gasteiger partial charge in [-0.3, -0.25) is 0 Å². The third-order valence-electron chi connectivity index (χ3n) is 2.86. The van der Waals surface area contributed by atoms with Crippen LogP contribution in [-0.4, -0.2) is 38.5 Å². The van der Waals surface area contributed by atoms with Crippen LogP contribution in [0.5, 0.6) is 0 Å². The van der Waals surface area contributed by atoms with Gasteiger partial charge in [-0.1, -0.05) is 0 Å². The van der Waals surface area contributed by atoms with Crippen LogP contribution in [0.3, 0.4) is 0 Å². The molecular formula is C12H25NO2. The molecule has 1 saturated heterocycles. The summed E-state index contributed by atoms with van der Waals surface area (Å²) >= 11 is 0. The lowest BCUT2D eigenvalue weighted by atomic mass is 10.0. The van der Waals surface area contributed by atoms with Gasteiger partial charge in [0.25, 0.3) is 0 Å². The number of nitrogens with one attached hydrogen (secondary N) is 1. The average molecular weight is 215 g/mol. The smallest absolute Gasteiger partial charge is 0.0623 e. The molecule has 2 atom stereocenters. The largest absolute Gasteiger partial charge is 0.378 e. The van der Waals surface area contributed by atoms with Crippen molar-refractivity contribution in [3.05, 3.63) is 0 Å². The van der Waals surface area contributed by atoms with Crippen LogP contribution < -0.4 is 5.32 Å². The molecule has 3 nitrogen and oxygen atoms in total. The zero-order chi connectivity index (χ0) is 11.1. The minimum Gasteiger partial charge on any atom is -0.378 e. The topological polar surface area (TPSA) is 30.5 Å². The quantitative estimate of drug-likeness (QED) is 0.734. The number of rotatable bonds is 6. The fourth-order valence-electron chi connectivity index (χ4n) is 1.89. The molecule has 1 aliphatic heterocycles. The predicted molar refractivity (Wildman–Crippen MR) is 62.1 cm³/mol. The highest BCUT2D eigenvalue weighted by Gasteiger charge is 2.18. The lowest BCUT2D eigenvalue weighted by Gasteiger charge is -2.27. The van der Waals surface area contributed by atoms with Crippen LogP contribution in [0.4, 0.5) is 0 Å². The molecule has 3 heteroatoms. The summed E-state index contributed by atoms with van der Waals surface area (Å²) < 4.78 is 11.3. The molecule has 1 fully saturated rings. The molecule has 0 bridgehead atoms. The standard InChI is InChI=1S/C12H25NO2/c1-10(2)15-9-11(13-3)8-12-6-4-5-7-14-12/h10-13H,4-9H2,1-3H3. The van der Waals surface area contributed by atoms with Gasteiger partial charge in [-0.05, 0) is 46.6 Å². The molecule has 0 aliphatic carbocycles. The Morgan fingerprint density at radius 3 is 2.73 bits per heavy atom. The summed E-state index contributed by atoms with van der Waals surface area (Å²) in [4.78, 5) is 0. The Morgan fingerprint density at radius 2 is 2.20 bits per heavy atom. The third-order valence-corrected chi connectivity index (χ3v) is 2.86. The van der Waals surface area contributed by atoms with Gasteiger partial charge in [0.15, 0.2) is 0 Å². The summed E-state index contributed by atoms with van der Waals surface area (Å²) in [5.74, 6) is 0. The molecule has 1 N–H and O–H groups in total. The fraction of sp³-hybridized carbons (Fsp3) is 1.00. The molecule has 0 amide bonds. The Balaban J connectivity index is 2.19. The highest BCUT2D eigenvalue weighted by atomic mass is 16.5. The van der Waals surface area contributed by atoms with Gasteiger partial charge in [-0.2, -0.15) is 0 Å². The van der Waals surface area contributed by atoms with E-state index in [9.17, 15) is 0 Å². The van der Waals surface area contributed by atoms with Crippen LogP contribution in [-0.2, 0) is 9.47 Å². The van der Waals surface area contributed by atoms with Gasteiger partial charge < -0.3 is 14.8 Å². The highest BCUT2D eigenvalue weighted by molar-refractivity contribution is 4.73. The predicted octanol–water partition coefficient (Wildman–Crippen LogP) is 1.96. The maximum Gasteiger partial charge on any atom is 0.0623 e. The molecule has 1 heterocycles. The van der Waals surface area contributed by atoms with Crippen molar-refractivity contribution in [3.8, 4) is 0 Å². The summed E-state index contributed by atoms with van der Waals surface area (Å²) in [5, 5.41) is 3.30. The highest BCUT2D eigenvalue weighted by Crippen LogP contribution is 2.17. The van der Waals surface area contributed by atoms with Crippen LogP contribution in [0, 0.1) is 0 Å². The minimum absolute atomic E-state index is 0.313. The lowest BCUT2D eigenvalue weighted by molar-refractivity contribution is -0.00811. The maximum absolute atomic E-state index is 5.72. The van der Waals surface area contributed by atoms with E-state index in [1.54, 1.807) is 0 Å². The van der Waals surface area contributed by atoms with Crippen molar-refractivity contribution in [1.82, 2.24) is 5.32 Å². The second kappa shape index (κ2) is 7.20. The zero-order valence-electron chi connectivity index (χ0n) is 10.3. The first kappa shape index (κ1) is 12.9. The SMILES string of the molecule is CNC(COC(C)C)CC1CCCCO1. The summed E-state index contributed by atoms with van der Waals surface area (Å²) in [6, 6.07) is 0.426. The van der Waals surface area contributed by atoms with Gasteiger partial charge in [-0.15, -0.1) is 0 Å². The molecule has 0 saturated carbocycles. The van der Waals surface area contributed by atoms with Gasteiger partial charge in [0.05, 0.1) is 18.8 Å². The Kier molecular flexibility index (Phi) is 6.22. The van der Waals surface area contributed by atoms with Crippen molar-refractivity contribution in [3.63, 3.8) is 0 Å². The minimum atomic E-state index is 0.313. The van der Waals surface area contributed by atoms with Gasteiger partial charge in [-0.25, -0.2) is 0 Å². The van der Waals surface area contributed by atoms with Crippen LogP contribution in [0.15, 0.2) is 0 Å². The summed E-state index contributed by atoms with van der Waals surface area (Å²) in [5.41, 5.74) is 0. The number of likely N-dealkylation sites (N-methyl/N-ethyl adjacent to an activating group) is 1. The molecule has 1 rings (SSSR count). The van der Waals surface area contributed by atoms with E-state index in [0.717, 1.165) is 19.6 Å². The Morgan fingerprint density at radius 1 is 1.40 bits per heavy atom. The second-order valence-electron chi connectivity index (χ2n) is 4.59. The molecule has 0 radical (unpaired) electrons. The number of ether oxygens (including phenoxy) is 2. The Labute approximate surface area is 93.5 Å². The van der Waals surface area contributed by atoms with Gasteiger partial charge in [0.1, 0.15) is 0 Å². The molecular weight excluding hydrogens is 190 g/mol. The van der Waals surface area contributed by atoms with Crippen LogP contribution in [0.1, 0.15) is 39.5 Å². The van der Waals surface area contributed by atoms with Crippen molar-refractivity contribution >= 4 is 0 Å². The monoisotopic (exact) mass is 215 g/mol. The molecule has 1 aliphatic rings. The van der Waals surface area contributed by atoms with E-state index in [0.29, 0.717) is 18.2 Å². The Hall–Kier alpha value is -0.120. The summed E-state index contributed by atoms with van der Waals surface area (Å²) in [6.45, 7) is 5.87. The molecule has 2 unspecified atom stereocenters. The van der Waals surface area contributed by atoms with Crippen LogP contribution in [0.25, 0.3) is 0 Å².